The second-order valence-electron chi connectivity index (χ2n) is 7.82. The summed E-state index contributed by atoms with van der Waals surface area (Å²) in [6.45, 7) is 0.399. The first kappa shape index (κ1) is 20.0. The maximum Gasteiger partial charge on any atom is 0.319 e. The molecule has 1 fully saturated rings. The molecule has 0 saturated heterocycles. The molecule has 2 heterocycles. The number of rotatable bonds is 6. The lowest BCUT2D eigenvalue weighted by Crippen LogP contribution is -2.45. The monoisotopic (exact) mass is 409 g/mol. The van der Waals surface area contributed by atoms with Gasteiger partial charge >= 0.3 is 6.03 Å². The molecule has 8 heteroatoms. The molecular formula is C22H27N5O3. The van der Waals surface area contributed by atoms with Gasteiger partial charge in [-0.05, 0) is 24.5 Å². The second-order valence-corrected chi connectivity index (χ2v) is 7.82. The van der Waals surface area contributed by atoms with Crippen LogP contribution < -0.4 is 20.1 Å². The average molecular weight is 409 g/mol. The molecular weight excluding hydrogens is 382 g/mol. The van der Waals surface area contributed by atoms with E-state index in [1.165, 1.54) is 41.9 Å². The summed E-state index contributed by atoms with van der Waals surface area (Å²) in [6, 6.07) is 7.77. The summed E-state index contributed by atoms with van der Waals surface area (Å²) in [5, 5.41) is 1.20. The smallest absolute Gasteiger partial charge is 0.319 e. The van der Waals surface area contributed by atoms with E-state index in [0.29, 0.717) is 12.2 Å². The number of carbonyl (C=O) groups excluding carboxylic acids is 1. The van der Waals surface area contributed by atoms with Crippen LogP contribution in [0, 0.1) is 0 Å². The Bertz CT molecular complexity index is 1050. The van der Waals surface area contributed by atoms with Gasteiger partial charge in [-0.15, -0.1) is 0 Å². The summed E-state index contributed by atoms with van der Waals surface area (Å²) < 4.78 is 13.0. The molecule has 2 N–H and O–H groups in total. The Morgan fingerprint density at radius 3 is 2.40 bits per heavy atom. The van der Waals surface area contributed by atoms with Crippen LogP contribution >= 0.6 is 0 Å². The van der Waals surface area contributed by atoms with Crippen molar-refractivity contribution >= 4 is 22.6 Å². The first-order chi connectivity index (χ1) is 14.5. The Kier molecular flexibility index (Phi) is 5.24. The van der Waals surface area contributed by atoms with Crippen molar-refractivity contribution < 1.29 is 14.3 Å². The first-order valence-electron chi connectivity index (χ1n) is 10.1. The van der Waals surface area contributed by atoms with Gasteiger partial charge in [0.2, 0.25) is 11.8 Å². The number of ether oxygens (including phenoxy) is 2. The number of primary amides is 1. The minimum atomic E-state index is -0.590. The third kappa shape index (κ3) is 3.22. The van der Waals surface area contributed by atoms with Crippen molar-refractivity contribution in [3.8, 4) is 11.8 Å². The fraction of sp³-hybridized carbons (Fsp3) is 0.409. The maximum atomic E-state index is 12.6. The molecule has 1 aliphatic carbocycles. The Morgan fingerprint density at radius 2 is 1.80 bits per heavy atom. The normalized spacial score (nSPS) is 15.3. The molecule has 30 heavy (non-hydrogen) atoms. The second kappa shape index (κ2) is 7.85. The van der Waals surface area contributed by atoms with Crippen molar-refractivity contribution in [3.63, 3.8) is 0 Å². The SMILES string of the molecule is COc1ncnc(OC)c1N(CC1(c2cn(C)c3ccccc23)CCCC1)C(N)=O. The van der Waals surface area contributed by atoms with Crippen molar-refractivity contribution in [3.05, 3.63) is 42.4 Å². The number of aromatic nitrogens is 3. The van der Waals surface area contributed by atoms with Gasteiger partial charge in [-0.2, -0.15) is 9.97 Å². The topological polar surface area (TPSA) is 95.5 Å². The van der Waals surface area contributed by atoms with Gasteiger partial charge in [0.25, 0.3) is 0 Å². The molecule has 158 valence electrons. The van der Waals surface area contributed by atoms with Crippen LogP contribution in [-0.4, -0.2) is 41.3 Å². The number of aryl methyl sites for hydroxylation is 1. The number of carbonyl (C=O) groups is 1. The molecule has 0 atom stereocenters. The van der Waals surface area contributed by atoms with Crippen LogP contribution in [0.15, 0.2) is 36.8 Å². The highest BCUT2D eigenvalue weighted by molar-refractivity contribution is 5.94. The van der Waals surface area contributed by atoms with E-state index in [1.807, 2.05) is 6.07 Å². The number of fused-ring (bicyclic) bond motifs is 1. The number of benzene rings is 1. The minimum Gasteiger partial charge on any atom is -0.479 e. The van der Waals surface area contributed by atoms with Crippen molar-refractivity contribution in [1.82, 2.24) is 14.5 Å². The Hall–Kier alpha value is -3.29. The number of hydrogen-bond donors (Lipinski definition) is 1. The molecule has 0 bridgehead atoms. The van der Waals surface area contributed by atoms with Gasteiger partial charge in [0.1, 0.15) is 6.33 Å². The van der Waals surface area contributed by atoms with Gasteiger partial charge in [-0.3, -0.25) is 4.90 Å². The Labute approximate surface area is 175 Å². The van der Waals surface area contributed by atoms with E-state index in [9.17, 15) is 4.79 Å². The summed E-state index contributed by atoms with van der Waals surface area (Å²) in [7, 11) is 5.05. The molecule has 0 radical (unpaired) electrons. The molecule has 0 spiro atoms. The molecule has 4 rings (SSSR count). The third-order valence-electron chi connectivity index (χ3n) is 6.17. The lowest BCUT2D eigenvalue weighted by Gasteiger charge is -2.35. The minimum absolute atomic E-state index is 0.234. The Morgan fingerprint density at radius 1 is 1.17 bits per heavy atom. The zero-order valence-electron chi connectivity index (χ0n) is 17.6. The quantitative estimate of drug-likeness (QED) is 0.673. The van der Waals surface area contributed by atoms with Crippen molar-refractivity contribution in [2.75, 3.05) is 25.7 Å². The van der Waals surface area contributed by atoms with E-state index in [0.717, 1.165) is 25.7 Å². The van der Waals surface area contributed by atoms with Gasteiger partial charge in [0.15, 0.2) is 5.69 Å². The van der Waals surface area contributed by atoms with E-state index in [2.05, 4.69) is 46.0 Å². The van der Waals surface area contributed by atoms with Gasteiger partial charge in [-0.25, -0.2) is 4.79 Å². The van der Waals surface area contributed by atoms with E-state index in [-0.39, 0.29) is 17.2 Å². The van der Waals surface area contributed by atoms with Crippen molar-refractivity contribution in [1.29, 1.82) is 0 Å². The number of nitrogens with zero attached hydrogens (tertiary/aromatic N) is 4. The molecule has 2 aromatic heterocycles. The van der Waals surface area contributed by atoms with Crippen molar-refractivity contribution in [2.45, 2.75) is 31.1 Å². The highest BCUT2D eigenvalue weighted by Gasteiger charge is 2.42. The molecule has 2 amide bonds. The number of amides is 2. The predicted molar refractivity (Wildman–Crippen MR) is 115 cm³/mol. The molecule has 3 aromatic rings. The van der Waals surface area contributed by atoms with Gasteiger partial charge < -0.3 is 19.8 Å². The van der Waals surface area contributed by atoms with Gasteiger partial charge in [0, 0.05) is 36.1 Å². The molecule has 0 unspecified atom stereocenters. The highest BCUT2D eigenvalue weighted by Crippen LogP contribution is 2.46. The summed E-state index contributed by atoms with van der Waals surface area (Å²) >= 11 is 0. The number of para-hydroxylation sites is 1. The third-order valence-corrected chi connectivity index (χ3v) is 6.17. The zero-order valence-corrected chi connectivity index (χ0v) is 17.6. The van der Waals surface area contributed by atoms with Crippen LogP contribution in [0.5, 0.6) is 11.8 Å². The number of methoxy groups -OCH3 is 2. The number of hydrogen-bond acceptors (Lipinski definition) is 5. The number of anilines is 1. The average Bonchev–Trinajstić information content (AvgIpc) is 3.37. The summed E-state index contributed by atoms with van der Waals surface area (Å²) in [5.41, 5.74) is 8.40. The van der Waals surface area contributed by atoms with E-state index < -0.39 is 6.03 Å². The largest absolute Gasteiger partial charge is 0.479 e. The van der Waals surface area contributed by atoms with Crippen LogP contribution in [0.3, 0.4) is 0 Å². The van der Waals surface area contributed by atoms with E-state index >= 15 is 0 Å². The van der Waals surface area contributed by atoms with Gasteiger partial charge in [-0.1, -0.05) is 31.0 Å². The molecule has 1 saturated carbocycles. The van der Waals surface area contributed by atoms with Crippen LogP contribution in [0.2, 0.25) is 0 Å². The predicted octanol–water partition coefficient (Wildman–Crippen LogP) is 3.38. The highest BCUT2D eigenvalue weighted by atomic mass is 16.5. The lowest BCUT2D eigenvalue weighted by molar-refractivity contribution is 0.250. The maximum absolute atomic E-state index is 12.6. The first-order valence-corrected chi connectivity index (χ1v) is 10.1. The van der Waals surface area contributed by atoms with Crippen LogP contribution in [-0.2, 0) is 12.5 Å². The number of urea groups is 1. The molecule has 1 aromatic carbocycles. The standard InChI is InChI=1S/C22H27N5O3/c1-26-12-16(15-8-4-5-9-17(15)26)22(10-6-7-11-22)13-27(21(23)28)18-19(29-2)24-14-25-20(18)30-3/h4-5,8-9,12,14H,6-7,10-11,13H2,1-3H3,(H2,23,28). The fourth-order valence-electron chi connectivity index (χ4n) is 4.78. The summed E-state index contributed by atoms with van der Waals surface area (Å²) in [4.78, 5) is 22.5. The molecule has 0 aliphatic heterocycles. The Balaban J connectivity index is 1.85. The van der Waals surface area contributed by atoms with Crippen LogP contribution in [0.1, 0.15) is 31.2 Å². The van der Waals surface area contributed by atoms with Crippen molar-refractivity contribution in [2.24, 2.45) is 12.8 Å². The summed E-state index contributed by atoms with van der Waals surface area (Å²) in [6.07, 6.45) is 7.64. The van der Waals surface area contributed by atoms with E-state index in [1.54, 1.807) is 0 Å². The van der Waals surface area contributed by atoms with Gasteiger partial charge in [0.05, 0.1) is 14.2 Å². The lowest BCUT2D eigenvalue weighted by atomic mass is 9.78. The van der Waals surface area contributed by atoms with Crippen LogP contribution in [0.4, 0.5) is 10.5 Å². The fourth-order valence-corrected chi connectivity index (χ4v) is 4.78. The van der Waals surface area contributed by atoms with E-state index in [4.69, 9.17) is 15.2 Å². The molecule has 1 aliphatic rings. The van der Waals surface area contributed by atoms with Crippen LogP contribution in [0.25, 0.3) is 10.9 Å². The molecule has 8 nitrogen and oxygen atoms in total. The number of nitrogens with two attached hydrogens (primary N) is 1. The summed E-state index contributed by atoms with van der Waals surface area (Å²) in [5.74, 6) is 0.512. The zero-order chi connectivity index (χ0) is 21.3.